The molecule has 0 bridgehead atoms. The molecule has 0 radical (unpaired) electrons. The lowest BCUT2D eigenvalue weighted by Crippen LogP contribution is -2.45. The smallest absolute Gasteiger partial charge is 0.236 e. The van der Waals surface area contributed by atoms with Crippen LogP contribution in [0.25, 0.3) is 0 Å². The van der Waals surface area contributed by atoms with Gasteiger partial charge in [0, 0.05) is 13.7 Å². The first-order chi connectivity index (χ1) is 6.29. The number of carbonyl (C=O) groups is 1. The van der Waals surface area contributed by atoms with Crippen molar-refractivity contribution in [1.29, 1.82) is 0 Å². The minimum absolute atomic E-state index is 0.00481. The third-order valence-electron chi connectivity index (χ3n) is 2.13. The van der Waals surface area contributed by atoms with Crippen LogP contribution in [0, 0.1) is 5.41 Å². The zero-order valence-electron chi connectivity index (χ0n) is 9.76. The fraction of sp³-hybridized carbons (Fsp3) is 0.900. The van der Waals surface area contributed by atoms with Gasteiger partial charge in [0.25, 0.3) is 0 Å². The van der Waals surface area contributed by atoms with Crippen molar-refractivity contribution in [3.8, 4) is 0 Å². The molecule has 0 fully saturated rings. The number of rotatable bonds is 4. The summed E-state index contributed by atoms with van der Waals surface area (Å²) in [7, 11) is 1.65. The van der Waals surface area contributed by atoms with Crippen LogP contribution in [-0.2, 0) is 9.53 Å². The van der Waals surface area contributed by atoms with E-state index in [1.165, 1.54) is 0 Å². The summed E-state index contributed by atoms with van der Waals surface area (Å²) in [4.78, 5) is 11.2. The van der Waals surface area contributed by atoms with Crippen LogP contribution in [0.5, 0.6) is 0 Å². The third-order valence-corrected chi connectivity index (χ3v) is 2.13. The van der Waals surface area contributed by atoms with Gasteiger partial charge in [-0.15, -0.1) is 0 Å². The molecule has 14 heavy (non-hydrogen) atoms. The lowest BCUT2D eigenvalue weighted by Gasteiger charge is -2.29. The summed E-state index contributed by atoms with van der Waals surface area (Å²) >= 11 is 0. The van der Waals surface area contributed by atoms with E-state index in [0.717, 1.165) is 0 Å². The van der Waals surface area contributed by atoms with Crippen LogP contribution in [0.15, 0.2) is 0 Å². The molecule has 2 atom stereocenters. The molecule has 4 heteroatoms. The average Bonchev–Trinajstić information content (AvgIpc) is 2.02. The van der Waals surface area contributed by atoms with E-state index in [9.17, 15) is 4.79 Å². The minimum Gasteiger partial charge on any atom is -0.379 e. The zero-order chi connectivity index (χ0) is 11.4. The number of carbonyl (C=O) groups excluding carboxylic acids is 1. The SMILES string of the molecule is COC(CNC(=O)[C@H](C)N)C(C)(C)C. The van der Waals surface area contributed by atoms with E-state index in [-0.39, 0.29) is 17.4 Å². The van der Waals surface area contributed by atoms with Crippen LogP contribution in [-0.4, -0.2) is 31.7 Å². The second-order valence-electron chi connectivity index (χ2n) is 4.62. The Hall–Kier alpha value is -0.610. The molecule has 0 aliphatic heterocycles. The number of hydrogen-bond donors (Lipinski definition) is 2. The van der Waals surface area contributed by atoms with Crippen molar-refractivity contribution in [3.05, 3.63) is 0 Å². The van der Waals surface area contributed by atoms with E-state index in [2.05, 4.69) is 26.1 Å². The van der Waals surface area contributed by atoms with E-state index in [0.29, 0.717) is 6.54 Å². The molecule has 0 aromatic carbocycles. The van der Waals surface area contributed by atoms with Gasteiger partial charge in [-0.1, -0.05) is 20.8 Å². The van der Waals surface area contributed by atoms with Crippen LogP contribution in [0.4, 0.5) is 0 Å². The van der Waals surface area contributed by atoms with Crippen molar-refractivity contribution in [2.45, 2.75) is 39.8 Å². The maximum Gasteiger partial charge on any atom is 0.236 e. The van der Waals surface area contributed by atoms with Gasteiger partial charge in [-0.3, -0.25) is 4.79 Å². The Morgan fingerprint density at radius 2 is 2.00 bits per heavy atom. The second-order valence-corrected chi connectivity index (χ2v) is 4.62. The largest absolute Gasteiger partial charge is 0.379 e. The number of amides is 1. The minimum atomic E-state index is -0.465. The zero-order valence-corrected chi connectivity index (χ0v) is 9.76. The lowest BCUT2D eigenvalue weighted by molar-refractivity contribution is -0.123. The van der Waals surface area contributed by atoms with Gasteiger partial charge in [-0.25, -0.2) is 0 Å². The van der Waals surface area contributed by atoms with Crippen molar-refractivity contribution in [2.24, 2.45) is 11.1 Å². The summed E-state index contributed by atoms with van der Waals surface area (Å²) in [6, 6.07) is -0.465. The fourth-order valence-electron chi connectivity index (χ4n) is 1.10. The first-order valence-electron chi connectivity index (χ1n) is 4.85. The van der Waals surface area contributed by atoms with Crippen molar-refractivity contribution in [2.75, 3.05) is 13.7 Å². The molecule has 0 aliphatic rings. The molecule has 84 valence electrons. The van der Waals surface area contributed by atoms with Gasteiger partial charge in [-0.05, 0) is 12.3 Å². The highest BCUT2D eigenvalue weighted by molar-refractivity contribution is 5.80. The van der Waals surface area contributed by atoms with Gasteiger partial charge in [0.15, 0.2) is 0 Å². The molecule has 0 rings (SSSR count). The van der Waals surface area contributed by atoms with Crippen LogP contribution in [0.3, 0.4) is 0 Å². The Labute approximate surface area is 86.2 Å². The number of nitrogens with two attached hydrogens (primary N) is 1. The van der Waals surface area contributed by atoms with Gasteiger partial charge in [-0.2, -0.15) is 0 Å². The average molecular weight is 202 g/mol. The van der Waals surface area contributed by atoms with Gasteiger partial charge in [0.2, 0.25) is 5.91 Å². The number of nitrogens with one attached hydrogen (secondary N) is 1. The Balaban J connectivity index is 4.04. The Morgan fingerprint density at radius 1 is 1.50 bits per heavy atom. The van der Waals surface area contributed by atoms with E-state index in [4.69, 9.17) is 10.5 Å². The molecule has 0 aromatic rings. The predicted octanol–water partition coefficient (Wildman–Crippen LogP) is 0.511. The van der Waals surface area contributed by atoms with Crippen molar-refractivity contribution < 1.29 is 9.53 Å². The third kappa shape index (κ3) is 4.58. The summed E-state index contributed by atoms with van der Waals surface area (Å²) in [5, 5.41) is 2.75. The molecule has 0 spiro atoms. The van der Waals surface area contributed by atoms with Crippen LogP contribution in [0.2, 0.25) is 0 Å². The standard InChI is InChI=1S/C10H22N2O2/c1-7(11)9(13)12-6-8(14-5)10(2,3)4/h7-8H,6,11H2,1-5H3,(H,12,13)/t7-,8?/m0/s1. The molecule has 4 nitrogen and oxygen atoms in total. The van der Waals surface area contributed by atoms with Gasteiger partial charge in [0.05, 0.1) is 12.1 Å². The molecule has 0 aromatic heterocycles. The maximum atomic E-state index is 11.2. The highest BCUT2D eigenvalue weighted by atomic mass is 16.5. The van der Waals surface area contributed by atoms with E-state index < -0.39 is 6.04 Å². The molecule has 1 amide bonds. The number of hydrogen-bond acceptors (Lipinski definition) is 3. The predicted molar refractivity (Wildman–Crippen MR) is 56.9 cm³/mol. The molecule has 0 saturated carbocycles. The Morgan fingerprint density at radius 3 is 2.29 bits per heavy atom. The topological polar surface area (TPSA) is 64.3 Å². The fourth-order valence-corrected chi connectivity index (χ4v) is 1.10. The van der Waals surface area contributed by atoms with Crippen molar-refractivity contribution in [1.82, 2.24) is 5.32 Å². The van der Waals surface area contributed by atoms with E-state index in [1.54, 1.807) is 14.0 Å². The number of methoxy groups -OCH3 is 1. The molecular formula is C10H22N2O2. The first kappa shape index (κ1) is 13.4. The molecule has 0 heterocycles. The van der Waals surface area contributed by atoms with E-state index >= 15 is 0 Å². The summed E-state index contributed by atoms with van der Waals surface area (Å²) < 4.78 is 5.29. The second kappa shape index (κ2) is 5.32. The van der Waals surface area contributed by atoms with Crippen LogP contribution in [0.1, 0.15) is 27.7 Å². The normalized spacial score (nSPS) is 16.1. The van der Waals surface area contributed by atoms with Gasteiger partial charge >= 0.3 is 0 Å². The van der Waals surface area contributed by atoms with E-state index in [1.807, 2.05) is 0 Å². The number of ether oxygens (including phenoxy) is 1. The summed E-state index contributed by atoms with van der Waals surface area (Å²) in [5.74, 6) is -0.142. The van der Waals surface area contributed by atoms with Gasteiger partial charge in [0.1, 0.15) is 0 Å². The lowest BCUT2D eigenvalue weighted by atomic mass is 9.89. The van der Waals surface area contributed by atoms with Crippen molar-refractivity contribution in [3.63, 3.8) is 0 Å². The molecule has 0 saturated heterocycles. The highest BCUT2D eigenvalue weighted by Gasteiger charge is 2.24. The quantitative estimate of drug-likeness (QED) is 0.698. The summed E-state index contributed by atoms with van der Waals surface area (Å²) in [6.45, 7) is 8.37. The highest BCUT2D eigenvalue weighted by Crippen LogP contribution is 2.20. The van der Waals surface area contributed by atoms with Crippen LogP contribution >= 0.6 is 0 Å². The van der Waals surface area contributed by atoms with Crippen LogP contribution < -0.4 is 11.1 Å². The molecule has 3 N–H and O–H groups in total. The Kier molecular flexibility index (Phi) is 5.08. The Bertz CT molecular complexity index is 185. The monoisotopic (exact) mass is 202 g/mol. The molecule has 0 aliphatic carbocycles. The summed E-state index contributed by atoms with van der Waals surface area (Å²) in [5.41, 5.74) is 5.43. The van der Waals surface area contributed by atoms with Gasteiger partial charge < -0.3 is 15.8 Å². The molecular weight excluding hydrogens is 180 g/mol. The molecule has 1 unspecified atom stereocenters. The first-order valence-corrected chi connectivity index (χ1v) is 4.85. The summed E-state index contributed by atoms with van der Waals surface area (Å²) in [6.07, 6.45) is 0.00481. The van der Waals surface area contributed by atoms with Crippen molar-refractivity contribution >= 4 is 5.91 Å². The maximum absolute atomic E-state index is 11.2.